The summed E-state index contributed by atoms with van der Waals surface area (Å²) in [4.78, 5) is 12.6. The maximum atomic E-state index is 12.8. The highest BCUT2D eigenvalue weighted by atomic mass is 32.2. The number of carbonyl (C=O) groups excluding carboxylic acids is 1. The number of nitrogens with two attached hydrogens (primary N) is 1. The van der Waals surface area contributed by atoms with Gasteiger partial charge in [-0.3, -0.25) is 4.79 Å². The van der Waals surface area contributed by atoms with Crippen LogP contribution in [0.4, 0.5) is 5.69 Å². The van der Waals surface area contributed by atoms with E-state index < -0.39 is 15.9 Å². The largest absolute Gasteiger partial charge is 0.495 e. The Morgan fingerprint density at radius 2 is 1.89 bits per heavy atom. The molecule has 0 bridgehead atoms. The van der Waals surface area contributed by atoms with Crippen molar-refractivity contribution in [3.63, 3.8) is 0 Å². The molecular weight excluding hydrogens is 370 g/mol. The third-order valence-corrected chi connectivity index (χ3v) is 4.80. The Hall–Kier alpha value is -3.17. The second-order valence-electron chi connectivity index (χ2n) is 5.69. The zero-order valence-corrected chi connectivity index (χ0v) is 15.4. The van der Waals surface area contributed by atoms with E-state index in [1.807, 2.05) is 18.2 Å². The topological polar surface area (TPSA) is 125 Å². The molecule has 8 nitrogen and oxygen atoms in total. The number of aryl methyl sites for hydroxylation is 1. The van der Waals surface area contributed by atoms with E-state index in [2.05, 4.69) is 10.5 Å². The van der Waals surface area contributed by atoms with E-state index in [1.165, 1.54) is 25.3 Å². The van der Waals surface area contributed by atoms with Crippen LogP contribution in [0.3, 0.4) is 0 Å². The van der Waals surface area contributed by atoms with E-state index in [0.29, 0.717) is 11.5 Å². The standard InChI is InChI=1S/C18H17N3O5S/c1-11-16(17(21-26-11)12-6-4-3-5-7-12)18(22)20-13-8-9-14(25-2)15(10-13)27(19,23)24/h3-10H,1-2H3,(H,20,22)(H2,19,23,24). The summed E-state index contributed by atoms with van der Waals surface area (Å²) < 4.78 is 33.6. The maximum Gasteiger partial charge on any atom is 0.261 e. The number of benzene rings is 2. The molecule has 1 amide bonds. The molecule has 0 atom stereocenters. The SMILES string of the molecule is COc1ccc(NC(=O)c2c(-c3ccccc3)noc2C)cc1S(N)(=O)=O. The van der Waals surface area contributed by atoms with Gasteiger partial charge in [-0.2, -0.15) is 0 Å². The average Bonchev–Trinajstić information content (AvgIpc) is 3.03. The lowest BCUT2D eigenvalue weighted by molar-refractivity contribution is 0.102. The van der Waals surface area contributed by atoms with Crippen LogP contribution in [0.2, 0.25) is 0 Å². The predicted molar refractivity (Wildman–Crippen MR) is 99.0 cm³/mol. The fraction of sp³-hybridized carbons (Fsp3) is 0.111. The van der Waals surface area contributed by atoms with Gasteiger partial charge >= 0.3 is 0 Å². The fourth-order valence-electron chi connectivity index (χ4n) is 2.60. The number of aromatic nitrogens is 1. The first-order valence-electron chi connectivity index (χ1n) is 7.85. The Morgan fingerprint density at radius 1 is 1.19 bits per heavy atom. The number of sulfonamides is 1. The number of hydrogen-bond acceptors (Lipinski definition) is 6. The molecule has 3 rings (SSSR count). The van der Waals surface area contributed by atoms with Gasteiger partial charge in [0, 0.05) is 11.3 Å². The van der Waals surface area contributed by atoms with E-state index in [9.17, 15) is 13.2 Å². The van der Waals surface area contributed by atoms with Gasteiger partial charge in [0.1, 0.15) is 27.7 Å². The lowest BCUT2D eigenvalue weighted by Gasteiger charge is -2.10. The minimum absolute atomic E-state index is 0.0848. The van der Waals surface area contributed by atoms with Gasteiger partial charge in [0.25, 0.3) is 5.91 Å². The van der Waals surface area contributed by atoms with Crippen molar-refractivity contribution in [1.82, 2.24) is 5.16 Å². The summed E-state index contributed by atoms with van der Waals surface area (Å²) in [6.45, 7) is 1.62. The zero-order chi connectivity index (χ0) is 19.6. The molecule has 2 aromatic carbocycles. The van der Waals surface area contributed by atoms with Crippen LogP contribution in [0, 0.1) is 6.92 Å². The first-order chi connectivity index (χ1) is 12.8. The van der Waals surface area contributed by atoms with Crippen molar-refractivity contribution >= 4 is 21.6 Å². The summed E-state index contributed by atoms with van der Waals surface area (Å²) in [5.41, 5.74) is 1.61. The van der Waals surface area contributed by atoms with Crippen LogP contribution in [0.1, 0.15) is 16.1 Å². The Kier molecular flexibility index (Phi) is 4.98. The maximum absolute atomic E-state index is 12.8. The van der Waals surface area contributed by atoms with Gasteiger partial charge in [0.2, 0.25) is 10.0 Å². The highest BCUT2D eigenvalue weighted by molar-refractivity contribution is 7.89. The molecule has 1 aromatic heterocycles. The molecule has 0 radical (unpaired) electrons. The summed E-state index contributed by atoms with van der Waals surface area (Å²) in [5, 5.41) is 11.8. The van der Waals surface area contributed by atoms with Crippen molar-refractivity contribution in [1.29, 1.82) is 0 Å². The normalized spacial score (nSPS) is 11.2. The number of ether oxygens (including phenoxy) is 1. The number of methoxy groups -OCH3 is 1. The van der Waals surface area contributed by atoms with Crippen LogP contribution in [0.5, 0.6) is 5.75 Å². The zero-order valence-electron chi connectivity index (χ0n) is 14.6. The number of primary sulfonamides is 1. The molecule has 3 N–H and O–H groups in total. The average molecular weight is 387 g/mol. The number of anilines is 1. The van der Waals surface area contributed by atoms with Crippen molar-refractivity contribution < 1.29 is 22.5 Å². The molecule has 0 aliphatic rings. The van der Waals surface area contributed by atoms with Crippen LogP contribution in [-0.4, -0.2) is 26.6 Å². The third-order valence-electron chi connectivity index (χ3n) is 3.87. The molecule has 0 unspecified atom stereocenters. The monoisotopic (exact) mass is 387 g/mol. The molecular formula is C18H17N3O5S. The van der Waals surface area contributed by atoms with Crippen molar-refractivity contribution in [2.24, 2.45) is 5.14 Å². The van der Waals surface area contributed by atoms with Crippen molar-refractivity contribution in [2.45, 2.75) is 11.8 Å². The number of amides is 1. The third kappa shape index (κ3) is 3.83. The van der Waals surface area contributed by atoms with Gasteiger partial charge in [-0.25, -0.2) is 13.6 Å². The molecule has 0 aliphatic carbocycles. The van der Waals surface area contributed by atoms with E-state index in [4.69, 9.17) is 14.4 Å². The second kappa shape index (κ2) is 7.22. The van der Waals surface area contributed by atoms with E-state index in [-0.39, 0.29) is 21.9 Å². The van der Waals surface area contributed by atoms with Gasteiger partial charge < -0.3 is 14.6 Å². The van der Waals surface area contributed by atoms with Gasteiger partial charge in [-0.15, -0.1) is 0 Å². The molecule has 27 heavy (non-hydrogen) atoms. The van der Waals surface area contributed by atoms with Crippen LogP contribution in [0.25, 0.3) is 11.3 Å². The molecule has 3 aromatic rings. The Bertz CT molecular complexity index is 1090. The molecule has 0 saturated carbocycles. The molecule has 0 saturated heterocycles. The molecule has 0 fully saturated rings. The number of hydrogen-bond donors (Lipinski definition) is 2. The highest BCUT2D eigenvalue weighted by Gasteiger charge is 2.23. The minimum atomic E-state index is -4.02. The lowest BCUT2D eigenvalue weighted by atomic mass is 10.1. The summed E-state index contributed by atoms with van der Waals surface area (Å²) in [6.07, 6.45) is 0. The number of nitrogens with zero attached hydrogens (tertiary/aromatic N) is 1. The van der Waals surface area contributed by atoms with Crippen molar-refractivity contribution in [3.8, 4) is 17.0 Å². The van der Waals surface area contributed by atoms with Crippen LogP contribution >= 0.6 is 0 Å². The van der Waals surface area contributed by atoms with E-state index in [1.54, 1.807) is 19.1 Å². The van der Waals surface area contributed by atoms with Gasteiger partial charge in [0.15, 0.2) is 0 Å². The highest BCUT2D eigenvalue weighted by Crippen LogP contribution is 2.28. The molecule has 1 heterocycles. The first-order valence-corrected chi connectivity index (χ1v) is 9.39. The van der Waals surface area contributed by atoms with Crippen LogP contribution in [0.15, 0.2) is 57.9 Å². The van der Waals surface area contributed by atoms with Crippen LogP contribution in [-0.2, 0) is 10.0 Å². The van der Waals surface area contributed by atoms with Gasteiger partial charge in [-0.05, 0) is 25.1 Å². The molecule has 9 heteroatoms. The minimum Gasteiger partial charge on any atom is -0.495 e. The summed E-state index contributed by atoms with van der Waals surface area (Å²) in [6, 6.07) is 13.3. The fourth-order valence-corrected chi connectivity index (χ4v) is 3.33. The summed E-state index contributed by atoms with van der Waals surface area (Å²) in [7, 11) is -2.70. The van der Waals surface area contributed by atoms with Crippen molar-refractivity contribution in [3.05, 3.63) is 59.9 Å². The summed E-state index contributed by atoms with van der Waals surface area (Å²) in [5.74, 6) is -0.0636. The quantitative estimate of drug-likeness (QED) is 0.693. The number of nitrogens with one attached hydrogen (secondary N) is 1. The Balaban J connectivity index is 1.97. The van der Waals surface area contributed by atoms with Gasteiger partial charge in [-0.1, -0.05) is 35.5 Å². The lowest BCUT2D eigenvalue weighted by Crippen LogP contribution is -2.16. The molecule has 0 aliphatic heterocycles. The first kappa shape index (κ1) is 18.6. The second-order valence-corrected chi connectivity index (χ2v) is 7.22. The number of rotatable bonds is 5. The summed E-state index contributed by atoms with van der Waals surface area (Å²) >= 11 is 0. The smallest absolute Gasteiger partial charge is 0.261 e. The Labute approximate surface area is 156 Å². The van der Waals surface area contributed by atoms with Crippen LogP contribution < -0.4 is 15.2 Å². The Morgan fingerprint density at radius 3 is 2.52 bits per heavy atom. The van der Waals surface area contributed by atoms with E-state index >= 15 is 0 Å². The van der Waals surface area contributed by atoms with E-state index in [0.717, 1.165) is 5.56 Å². The number of carbonyl (C=O) groups is 1. The molecule has 140 valence electrons. The van der Waals surface area contributed by atoms with Gasteiger partial charge in [0.05, 0.1) is 7.11 Å². The molecule has 0 spiro atoms. The predicted octanol–water partition coefficient (Wildman–Crippen LogP) is 2.56. The van der Waals surface area contributed by atoms with Crippen molar-refractivity contribution in [2.75, 3.05) is 12.4 Å².